The molecule has 0 atom stereocenters. The summed E-state index contributed by atoms with van der Waals surface area (Å²) in [6.45, 7) is 0. The molecule has 2 aromatic carbocycles. The van der Waals surface area contributed by atoms with E-state index in [2.05, 4.69) is 5.32 Å². The zero-order valence-electron chi connectivity index (χ0n) is 13.3. The highest BCUT2D eigenvalue weighted by atomic mass is 35.5. The van der Waals surface area contributed by atoms with Gasteiger partial charge in [-0.3, -0.25) is 4.79 Å². The van der Waals surface area contributed by atoms with Crippen LogP contribution in [0.2, 0.25) is 5.02 Å². The van der Waals surface area contributed by atoms with Crippen LogP contribution in [-0.4, -0.2) is 19.0 Å². The molecule has 0 fully saturated rings. The van der Waals surface area contributed by atoms with Crippen molar-refractivity contribution in [2.45, 2.75) is 0 Å². The fourth-order valence-electron chi connectivity index (χ4n) is 2.39. The Hall–Kier alpha value is -2.63. The summed E-state index contributed by atoms with van der Waals surface area (Å²) in [5.41, 5.74) is 2.35. The molecule has 1 amide bonds. The third-order valence-electron chi connectivity index (χ3n) is 3.58. The summed E-state index contributed by atoms with van der Waals surface area (Å²) < 4.78 is 4.90. The quantitative estimate of drug-likeness (QED) is 0.648. The largest absolute Gasteiger partial charge is 0.465 e. The minimum Gasteiger partial charge on any atom is -0.465 e. The Morgan fingerprint density at radius 1 is 1.08 bits per heavy atom. The second kappa shape index (κ2) is 7.51. The summed E-state index contributed by atoms with van der Waals surface area (Å²) in [5.74, 6) is -0.837. The van der Waals surface area contributed by atoms with Crippen molar-refractivity contribution in [2.75, 3.05) is 12.4 Å². The number of halogens is 1. The first kappa shape index (κ1) is 17.2. The van der Waals surface area contributed by atoms with E-state index in [1.165, 1.54) is 18.4 Å². The molecule has 0 spiro atoms. The van der Waals surface area contributed by atoms with Crippen molar-refractivity contribution >= 4 is 39.8 Å². The van der Waals surface area contributed by atoms with Gasteiger partial charge in [-0.15, -0.1) is 11.3 Å². The highest BCUT2D eigenvalue weighted by molar-refractivity contribution is 7.15. The number of amides is 1. The second-order valence-electron chi connectivity index (χ2n) is 5.18. The van der Waals surface area contributed by atoms with Crippen molar-refractivity contribution < 1.29 is 14.3 Å². The van der Waals surface area contributed by atoms with Gasteiger partial charge in [-0.05, 0) is 23.8 Å². The first-order chi connectivity index (χ1) is 12.1. The minimum atomic E-state index is -0.499. The zero-order chi connectivity index (χ0) is 17.8. The van der Waals surface area contributed by atoms with Crippen LogP contribution in [0.5, 0.6) is 0 Å². The molecule has 0 bridgehead atoms. The van der Waals surface area contributed by atoms with Crippen LogP contribution in [-0.2, 0) is 4.74 Å². The minimum absolute atomic E-state index is 0.339. The number of thiophene rings is 1. The number of carbonyl (C=O) groups is 2. The van der Waals surface area contributed by atoms with Gasteiger partial charge in [0.25, 0.3) is 5.91 Å². The maximum Gasteiger partial charge on any atom is 0.341 e. The second-order valence-corrected chi connectivity index (χ2v) is 6.49. The molecule has 0 unspecified atom stereocenters. The first-order valence-corrected chi connectivity index (χ1v) is 8.68. The van der Waals surface area contributed by atoms with Crippen LogP contribution in [0, 0.1) is 0 Å². The number of hydrogen-bond donors (Lipinski definition) is 1. The van der Waals surface area contributed by atoms with Crippen molar-refractivity contribution in [2.24, 2.45) is 0 Å². The van der Waals surface area contributed by atoms with Gasteiger partial charge in [0, 0.05) is 21.5 Å². The van der Waals surface area contributed by atoms with Crippen LogP contribution in [0.25, 0.3) is 11.1 Å². The van der Waals surface area contributed by atoms with Crippen LogP contribution < -0.4 is 5.32 Å². The molecular formula is C19H14ClNO3S. The molecule has 3 rings (SSSR count). The lowest BCUT2D eigenvalue weighted by Gasteiger charge is -2.08. The standard InChI is InChI=1S/C19H14ClNO3S/c1-24-19(23)16-15(12-6-3-2-4-7-12)11-25-18(16)21-17(22)13-8-5-9-14(20)10-13/h2-11H,1H3,(H,21,22). The average molecular weight is 372 g/mol. The molecule has 1 N–H and O–H groups in total. The number of esters is 1. The number of hydrogen-bond acceptors (Lipinski definition) is 4. The Morgan fingerprint density at radius 2 is 1.84 bits per heavy atom. The van der Waals surface area contributed by atoms with E-state index in [9.17, 15) is 9.59 Å². The predicted octanol–water partition coefficient (Wildman–Crippen LogP) is 5.11. The van der Waals surface area contributed by atoms with E-state index in [1.54, 1.807) is 24.3 Å². The Balaban J connectivity index is 1.98. The molecule has 0 aliphatic carbocycles. The number of carbonyl (C=O) groups excluding carboxylic acids is 2. The lowest BCUT2D eigenvalue weighted by molar-refractivity contribution is 0.0603. The maximum atomic E-state index is 12.5. The van der Waals surface area contributed by atoms with E-state index in [4.69, 9.17) is 16.3 Å². The molecule has 6 heteroatoms. The smallest absolute Gasteiger partial charge is 0.341 e. The number of rotatable bonds is 4. The number of methoxy groups -OCH3 is 1. The van der Waals surface area contributed by atoms with Gasteiger partial charge in [-0.25, -0.2) is 4.79 Å². The number of benzene rings is 2. The molecule has 0 saturated carbocycles. The summed E-state index contributed by atoms with van der Waals surface area (Å²) in [6.07, 6.45) is 0. The summed E-state index contributed by atoms with van der Waals surface area (Å²) in [4.78, 5) is 24.7. The highest BCUT2D eigenvalue weighted by Gasteiger charge is 2.22. The monoisotopic (exact) mass is 371 g/mol. The van der Waals surface area contributed by atoms with Gasteiger partial charge >= 0.3 is 5.97 Å². The summed E-state index contributed by atoms with van der Waals surface area (Å²) in [7, 11) is 1.32. The summed E-state index contributed by atoms with van der Waals surface area (Å²) in [6, 6.07) is 16.1. The lowest BCUT2D eigenvalue weighted by atomic mass is 10.0. The van der Waals surface area contributed by atoms with Gasteiger partial charge in [0.05, 0.1) is 7.11 Å². The molecule has 1 heterocycles. The van der Waals surface area contributed by atoms with E-state index >= 15 is 0 Å². The van der Waals surface area contributed by atoms with Gasteiger partial charge in [0.1, 0.15) is 10.6 Å². The predicted molar refractivity (Wildman–Crippen MR) is 100 cm³/mol. The van der Waals surface area contributed by atoms with Gasteiger partial charge in [-0.2, -0.15) is 0 Å². The maximum absolute atomic E-state index is 12.5. The summed E-state index contributed by atoms with van der Waals surface area (Å²) in [5, 5.41) is 5.52. The normalized spacial score (nSPS) is 10.3. The third kappa shape index (κ3) is 3.73. The van der Waals surface area contributed by atoms with Gasteiger partial charge < -0.3 is 10.1 Å². The lowest BCUT2D eigenvalue weighted by Crippen LogP contribution is -2.14. The summed E-state index contributed by atoms with van der Waals surface area (Å²) >= 11 is 7.20. The van der Waals surface area contributed by atoms with Crippen LogP contribution in [0.15, 0.2) is 60.0 Å². The number of nitrogens with one attached hydrogen (secondary N) is 1. The van der Waals surface area contributed by atoms with E-state index in [-0.39, 0.29) is 5.91 Å². The Kier molecular flexibility index (Phi) is 5.16. The SMILES string of the molecule is COC(=O)c1c(-c2ccccc2)csc1NC(=O)c1cccc(Cl)c1. The van der Waals surface area contributed by atoms with Gasteiger partial charge in [-0.1, -0.05) is 48.0 Å². The van der Waals surface area contributed by atoms with Crippen LogP contribution >= 0.6 is 22.9 Å². The van der Waals surface area contributed by atoms with Crippen molar-refractivity contribution in [1.29, 1.82) is 0 Å². The van der Waals surface area contributed by atoms with E-state index < -0.39 is 5.97 Å². The van der Waals surface area contributed by atoms with Crippen LogP contribution in [0.4, 0.5) is 5.00 Å². The van der Waals surface area contributed by atoms with E-state index in [0.29, 0.717) is 21.2 Å². The first-order valence-electron chi connectivity index (χ1n) is 7.42. The molecule has 4 nitrogen and oxygen atoms in total. The number of anilines is 1. The molecule has 0 aliphatic rings. The van der Waals surface area contributed by atoms with E-state index in [1.807, 2.05) is 35.7 Å². The molecule has 0 radical (unpaired) electrons. The Bertz CT molecular complexity index is 921. The fraction of sp³-hybridized carbons (Fsp3) is 0.0526. The molecule has 0 aliphatic heterocycles. The Labute approximate surface area is 154 Å². The number of ether oxygens (including phenoxy) is 1. The van der Waals surface area contributed by atoms with Crippen molar-refractivity contribution in [1.82, 2.24) is 0 Å². The molecule has 25 heavy (non-hydrogen) atoms. The topological polar surface area (TPSA) is 55.4 Å². The molecule has 126 valence electrons. The van der Waals surface area contributed by atoms with Gasteiger partial charge in [0.2, 0.25) is 0 Å². The molecular weight excluding hydrogens is 358 g/mol. The zero-order valence-corrected chi connectivity index (χ0v) is 14.9. The fourth-order valence-corrected chi connectivity index (χ4v) is 3.53. The van der Waals surface area contributed by atoms with Crippen molar-refractivity contribution in [3.05, 3.63) is 76.1 Å². The van der Waals surface area contributed by atoms with Crippen LogP contribution in [0.1, 0.15) is 20.7 Å². The molecule has 3 aromatic rings. The van der Waals surface area contributed by atoms with Gasteiger partial charge in [0.15, 0.2) is 0 Å². The van der Waals surface area contributed by atoms with Crippen molar-refractivity contribution in [3.63, 3.8) is 0 Å². The Morgan fingerprint density at radius 3 is 2.52 bits per heavy atom. The van der Waals surface area contributed by atoms with E-state index in [0.717, 1.165) is 11.1 Å². The van der Waals surface area contributed by atoms with Crippen LogP contribution in [0.3, 0.4) is 0 Å². The molecule has 0 saturated heterocycles. The highest BCUT2D eigenvalue weighted by Crippen LogP contribution is 2.36. The average Bonchev–Trinajstić information content (AvgIpc) is 3.05. The third-order valence-corrected chi connectivity index (χ3v) is 4.71. The van der Waals surface area contributed by atoms with Crippen molar-refractivity contribution in [3.8, 4) is 11.1 Å². The molecule has 1 aromatic heterocycles.